The lowest BCUT2D eigenvalue weighted by Gasteiger charge is -2.43. The van der Waals surface area contributed by atoms with Crippen molar-refractivity contribution in [3.63, 3.8) is 0 Å². The Labute approximate surface area is 260 Å². The molecule has 0 bridgehead atoms. The van der Waals surface area contributed by atoms with Crippen LogP contribution in [-0.4, -0.2) is 41.8 Å². The average Bonchev–Trinajstić information content (AvgIpc) is 3.53. The highest BCUT2D eigenvalue weighted by Crippen LogP contribution is 2.46. The standard InChI is InChI=1S/C38H36NO4P/c1-38(2)42-35-34-32(40-37(35)43-38)25-39(24-27-16-13-15-26-14-9-10-21-30(26)27)36(41-34)31-22-11-12-23-33(31)44(28-17-5-3-6-18-28)29-19-7-4-8-20-29/h3-23,32,34-37H,24-25H2,1-2H3/t32-,34+,35-,36+,37-/m1/s1. The Morgan fingerprint density at radius 1 is 0.682 bits per heavy atom. The number of nitrogens with zero attached hydrogens (tertiary/aromatic N) is 1. The van der Waals surface area contributed by atoms with E-state index in [0.29, 0.717) is 6.54 Å². The van der Waals surface area contributed by atoms with Gasteiger partial charge in [-0.2, -0.15) is 0 Å². The van der Waals surface area contributed by atoms with Crippen LogP contribution in [0.3, 0.4) is 0 Å². The molecule has 0 spiro atoms. The van der Waals surface area contributed by atoms with Crippen LogP contribution < -0.4 is 15.9 Å². The monoisotopic (exact) mass is 601 g/mol. The lowest BCUT2D eigenvalue weighted by Crippen LogP contribution is -2.52. The number of fused-ring (bicyclic) bond motifs is 4. The molecule has 5 nitrogen and oxygen atoms in total. The second kappa shape index (κ2) is 11.5. The molecule has 0 saturated carbocycles. The zero-order chi connectivity index (χ0) is 29.7. The van der Waals surface area contributed by atoms with Crippen LogP contribution in [0.4, 0.5) is 0 Å². The number of hydrogen-bond donors (Lipinski definition) is 0. The molecular formula is C38H36NO4P. The number of hydrogen-bond acceptors (Lipinski definition) is 5. The highest BCUT2D eigenvalue weighted by Gasteiger charge is 2.58. The summed E-state index contributed by atoms with van der Waals surface area (Å²) in [4.78, 5) is 2.44. The van der Waals surface area contributed by atoms with Crippen molar-refractivity contribution in [1.82, 2.24) is 4.90 Å². The van der Waals surface area contributed by atoms with Crippen molar-refractivity contribution < 1.29 is 18.9 Å². The second-order valence-corrected chi connectivity index (χ2v) is 14.4. The summed E-state index contributed by atoms with van der Waals surface area (Å²) in [6, 6.07) is 45.8. The van der Waals surface area contributed by atoms with Crippen molar-refractivity contribution in [1.29, 1.82) is 0 Å². The molecule has 3 heterocycles. The normalized spacial score (nSPS) is 26.1. The zero-order valence-corrected chi connectivity index (χ0v) is 25.8. The van der Waals surface area contributed by atoms with Crippen molar-refractivity contribution in [3.8, 4) is 0 Å². The lowest BCUT2D eigenvalue weighted by molar-refractivity contribution is -0.252. The van der Waals surface area contributed by atoms with Gasteiger partial charge in [0.15, 0.2) is 12.1 Å². The van der Waals surface area contributed by atoms with Crippen LogP contribution in [0.5, 0.6) is 0 Å². The molecule has 44 heavy (non-hydrogen) atoms. The van der Waals surface area contributed by atoms with Crippen molar-refractivity contribution >= 4 is 34.6 Å². The van der Waals surface area contributed by atoms with Gasteiger partial charge in [0.2, 0.25) is 0 Å². The largest absolute Gasteiger partial charge is 0.350 e. The van der Waals surface area contributed by atoms with Gasteiger partial charge in [0.05, 0.1) is 0 Å². The van der Waals surface area contributed by atoms with Crippen LogP contribution in [0.25, 0.3) is 10.8 Å². The van der Waals surface area contributed by atoms with E-state index in [9.17, 15) is 0 Å². The Balaban J connectivity index is 1.24. The van der Waals surface area contributed by atoms with Crippen molar-refractivity contribution in [2.24, 2.45) is 0 Å². The van der Waals surface area contributed by atoms with Crippen LogP contribution in [0, 0.1) is 0 Å². The quantitative estimate of drug-likeness (QED) is 0.212. The molecule has 3 aliphatic rings. The molecule has 6 heteroatoms. The summed E-state index contributed by atoms with van der Waals surface area (Å²) in [6.45, 7) is 5.32. The molecule has 5 aromatic carbocycles. The Hall–Kier alpha value is -3.41. The van der Waals surface area contributed by atoms with Gasteiger partial charge in [-0.1, -0.05) is 127 Å². The molecule has 3 fully saturated rings. The Bertz CT molecular complexity index is 1720. The molecule has 0 aliphatic carbocycles. The molecule has 5 atom stereocenters. The van der Waals surface area contributed by atoms with Gasteiger partial charge >= 0.3 is 0 Å². The predicted molar refractivity (Wildman–Crippen MR) is 176 cm³/mol. The first-order valence-electron chi connectivity index (χ1n) is 15.4. The van der Waals surface area contributed by atoms with E-state index in [-0.39, 0.29) is 24.5 Å². The highest BCUT2D eigenvalue weighted by molar-refractivity contribution is 7.79. The maximum atomic E-state index is 7.17. The average molecular weight is 602 g/mol. The third kappa shape index (κ3) is 5.18. The van der Waals surface area contributed by atoms with E-state index in [4.69, 9.17) is 18.9 Å². The number of ether oxygens (including phenoxy) is 4. The van der Waals surface area contributed by atoms with E-state index in [0.717, 1.165) is 6.54 Å². The van der Waals surface area contributed by atoms with Crippen molar-refractivity contribution in [2.75, 3.05) is 6.54 Å². The molecule has 3 aliphatic heterocycles. The van der Waals surface area contributed by atoms with Gasteiger partial charge in [0.1, 0.15) is 24.5 Å². The van der Waals surface area contributed by atoms with Gasteiger partial charge in [-0.15, -0.1) is 0 Å². The molecular weight excluding hydrogens is 565 g/mol. The van der Waals surface area contributed by atoms with E-state index in [1.807, 2.05) is 13.8 Å². The predicted octanol–water partition coefficient (Wildman–Crippen LogP) is 6.37. The summed E-state index contributed by atoms with van der Waals surface area (Å²) in [6.07, 6.45) is -1.38. The maximum Gasteiger partial charge on any atom is 0.190 e. The Kier molecular flexibility index (Phi) is 7.34. The fourth-order valence-electron chi connectivity index (χ4n) is 6.97. The topological polar surface area (TPSA) is 40.2 Å². The summed E-state index contributed by atoms with van der Waals surface area (Å²) in [5, 5.41) is 6.43. The van der Waals surface area contributed by atoms with Crippen LogP contribution in [0.2, 0.25) is 0 Å². The molecule has 5 aromatic rings. The molecule has 0 N–H and O–H groups in total. The molecule has 3 saturated heterocycles. The molecule has 0 unspecified atom stereocenters. The van der Waals surface area contributed by atoms with Crippen molar-refractivity contribution in [3.05, 3.63) is 139 Å². The van der Waals surface area contributed by atoms with Crippen LogP contribution in [0.15, 0.2) is 127 Å². The molecule has 0 aromatic heterocycles. The molecule has 8 rings (SSSR count). The lowest BCUT2D eigenvalue weighted by atomic mass is 10.0. The summed E-state index contributed by atoms with van der Waals surface area (Å²) in [7, 11) is -0.833. The molecule has 0 radical (unpaired) electrons. The highest BCUT2D eigenvalue weighted by atomic mass is 31.1. The summed E-state index contributed by atoms with van der Waals surface area (Å²) in [5.41, 5.74) is 2.46. The van der Waals surface area contributed by atoms with E-state index < -0.39 is 20.0 Å². The minimum atomic E-state index is -0.833. The third-order valence-corrected chi connectivity index (χ3v) is 11.4. The second-order valence-electron chi connectivity index (χ2n) is 12.2. The maximum absolute atomic E-state index is 7.17. The minimum absolute atomic E-state index is 0.149. The molecule has 222 valence electrons. The van der Waals surface area contributed by atoms with Gasteiger partial charge in [-0.25, -0.2) is 0 Å². The van der Waals surface area contributed by atoms with Crippen LogP contribution in [0.1, 0.15) is 31.2 Å². The van der Waals surface area contributed by atoms with Gasteiger partial charge in [-0.3, -0.25) is 4.90 Å². The minimum Gasteiger partial charge on any atom is -0.350 e. The summed E-state index contributed by atoms with van der Waals surface area (Å²) in [5.74, 6) is -0.702. The van der Waals surface area contributed by atoms with Gasteiger partial charge in [0, 0.05) is 18.7 Å². The van der Waals surface area contributed by atoms with E-state index in [1.54, 1.807) is 0 Å². The fourth-order valence-corrected chi connectivity index (χ4v) is 9.44. The van der Waals surface area contributed by atoms with Crippen molar-refractivity contribution in [2.45, 2.75) is 57.0 Å². The van der Waals surface area contributed by atoms with Crippen LogP contribution >= 0.6 is 7.92 Å². The SMILES string of the molecule is CC1(C)O[C@H]2O[C@@H]3CN(Cc4cccc5ccccc45)[C@H](c4ccccc4P(c4ccccc4)c4ccccc4)O[C@@H]3[C@H]2O1. The van der Waals surface area contributed by atoms with E-state index in [2.05, 4.69) is 132 Å². The smallest absolute Gasteiger partial charge is 0.190 e. The summed E-state index contributed by atoms with van der Waals surface area (Å²) < 4.78 is 26.2. The van der Waals surface area contributed by atoms with Crippen LogP contribution in [-0.2, 0) is 25.5 Å². The van der Waals surface area contributed by atoms with E-state index in [1.165, 1.54) is 37.8 Å². The fraction of sp³-hybridized carbons (Fsp3) is 0.263. The van der Waals surface area contributed by atoms with Gasteiger partial charge in [0.25, 0.3) is 0 Å². The first-order chi connectivity index (χ1) is 21.5. The number of benzene rings is 5. The van der Waals surface area contributed by atoms with Gasteiger partial charge < -0.3 is 18.9 Å². The van der Waals surface area contributed by atoms with E-state index >= 15 is 0 Å². The summed E-state index contributed by atoms with van der Waals surface area (Å²) >= 11 is 0. The Morgan fingerprint density at radius 2 is 1.34 bits per heavy atom. The first kappa shape index (κ1) is 28.1. The third-order valence-electron chi connectivity index (χ3n) is 8.85. The zero-order valence-electron chi connectivity index (χ0n) is 25.0. The first-order valence-corrected chi connectivity index (χ1v) is 16.7. The molecule has 0 amide bonds. The number of rotatable bonds is 6. The van der Waals surface area contributed by atoms with Gasteiger partial charge in [-0.05, 0) is 54.0 Å². The Morgan fingerprint density at radius 3 is 2.11 bits per heavy atom.